The van der Waals surface area contributed by atoms with E-state index in [0.29, 0.717) is 19.3 Å². The summed E-state index contributed by atoms with van der Waals surface area (Å²) in [6, 6.07) is 0. The first kappa shape index (κ1) is 75.1. The van der Waals surface area contributed by atoms with Gasteiger partial charge in [0, 0.05) is 19.3 Å². The molecule has 0 aromatic heterocycles. The Morgan fingerprint density at radius 3 is 0.785 bits per heavy atom. The molecule has 0 aromatic rings. The lowest BCUT2D eigenvalue weighted by atomic mass is 10.0. The Balaban J connectivity index is 4.26. The molecule has 0 heterocycles. The van der Waals surface area contributed by atoms with Gasteiger partial charge in [-0.3, -0.25) is 14.4 Å². The molecule has 0 aliphatic rings. The van der Waals surface area contributed by atoms with Gasteiger partial charge in [0.15, 0.2) is 6.10 Å². The predicted molar refractivity (Wildman–Crippen MR) is 343 cm³/mol. The minimum atomic E-state index is -0.785. The first-order chi connectivity index (χ1) is 39.0. The third-order valence-electron chi connectivity index (χ3n) is 14.3. The topological polar surface area (TPSA) is 78.9 Å². The van der Waals surface area contributed by atoms with Gasteiger partial charge in [-0.1, -0.05) is 297 Å². The molecule has 1 unspecified atom stereocenters. The molecular weight excluding hydrogens is 973 g/mol. The van der Waals surface area contributed by atoms with Crippen molar-refractivity contribution in [2.75, 3.05) is 13.2 Å². The molecule has 6 heteroatoms. The fraction of sp³-hybridized carbons (Fsp3) is 0.712. The third-order valence-corrected chi connectivity index (χ3v) is 14.3. The smallest absolute Gasteiger partial charge is 0.306 e. The summed E-state index contributed by atoms with van der Waals surface area (Å²) < 4.78 is 16.9. The van der Waals surface area contributed by atoms with Crippen LogP contribution in [0.15, 0.2) is 109 Å². The van der Waals surface area contributed by atoms with Crippen molar-refractivity contribution in [1.82, 2.24) is 0 Å². The number of carbonyl (C=O) groups is 3. The summed E-state index contributed by atoms with van der Waals surface area (Å²) in [5.74, 6) is -0.888. The van der Waals surface area contributed by atoms with Gasteiger partial charge in [-0.25, -0.2) is 0 Å². The summed E-state index contributed by atoms with van der Waals surface area (Å²) in [6.07, 6.45) is 91.0. The number of allylic oxidation sites excluding steroid dienone is 18. The standard InChI is InChI=1S/C73H124O6/c1-4-7-10-13-16-19-22-25-27-28-29-30-31-32-33-34-35-36-37-38-39-40-41-42-43-44-46-48-51-54-57-60-63-66-72(75)78-69-70(68-77-71(74)65-62-59-56-53-50-47-24-21-18-15-12-9-6-3)79-73(76)67-64-61-58-55-52-49-45-26-23-20-17-14-11-8-5-2/h7,10,16,19,25-27,29-30,32-33,35-36,38-39,41-42,45,70H,4-6,8-9,11-15,17-18,20-24,28,31,34,37,40,43-44,46-69H2,1-3H3/b10-7-,19-16-,27-25-,30-29-,33-32-,36-35-,39-38-,42-41-,45-26-. The van der Waals surface area contributed by atoms with Crippen molar-refractivity contribution in [3.05, 3.63) is 109 Å². The normalized spacial score (nSPS) is 12.8. The monoisotopic (exact) mass is 1100 g/mol. The van der Waals surface area contributed by atoms with Crippen LogP contribution in [0.1, 0.15) is 316 Å². The number of ether oxygens (including phenoxy) is 3. The van der Waals surface area contributed by atoms with E-state index in [0.717, 1.165) is 128 Å². The zero-order chi connectivity index (χ0) is 57.1. The molecule has 0 rings (SSSR count). The number of hydrogen-bond acceptors (Lipinski definition) is 6. The van der Waals surface area contributed by atoms with Crippen molar-refractivity contribution in [3.63, 3.8) is 0 Å². The fourth-order valence-corrected chi connectivity index (χ4v) is 9.28. The Morgan fingerprint density at radius 2 is 0.494 bits per heavy atom. The molecule has 0 amide bonds. The Hall–Kier alpha value is -3.93. The molecular formula is C73H124O6. The van der Waals surface area contributed by atoms with Crippen LogP contribution in [0.4, 0.5) is 0 Å². The fourth-order valence-electron chi connectivity index (χ4n) is 9.28. The zero-order valence-electron chi connectivity index (χ0n) is 51.9. The van der Waals surface area contributed by atoms with Crippen LogP contribution in [0.3, 0.4) is 0 Å². The van der Waals surface area contributed by atoms with Crippen molar-refractivity contribution in [3.8, 4) is 0 Å². The van der Waals surface area contributed by atoms with Gasteiger partial charge in [0.2, 0.25) is 0 Å². The Labute approximate surface area is 489 Å². The van der Waals surface area contributed by atoms with Crippen LogP contribution in [0, 0.1) is 0 Å². The summed E-state index contributed by atoms with van der Waals surface area (Å²) in [5, 5.41) is 0. The number of carbonyl (C=O) groups excluding carboxylic acids is 3. The summed E-state index contributed by atoms with van der Waals surface area (Å²) in [5.41, 5.74) is 0. The molecule has 0 fully saturated rings. The summed E-state index contributed by atoms with van der Waals surface area (Å²) in [7, 11) is 0. The molecule has 0 aliphatic heterocycles. The second kappa shape index (κ2) is 66.6. The van der Waals surface area contributed by atoms with E-state index < -0.39 is 6.10 Å². The molecule has 79 heavy (non-hydrogen) atoms. The van der Waals surface area contributed by atoms with Crippen LogP contribution >= 0.6 is 0 Å². The first-order valence-corrected chi connectivity index (χ1v) is 33.4. The number of rotatable bonds is 60. The molecule has 0 aromatic carbocycles. The lowest BCUT2D eigenvalue weighted by molar-refractivity contribution is -0.167. The molecule has 0 spiro atoms. The van der Waals surface area contributed by atoms with E-state index in [1.54, 1.807) is 0 Å². The summed E-state index contributed by atoms with van der Waals surface area (Å²) >= 11 is 0. The van der Waals surface area contributed by atoms with Crippen LogP contribution in [0.2, 0.25) is 0 Å². The maximum Gasteiger partial charge on any atom is 0.306 e. The molecule has 0 saturated carbocycles. The zero-order valence-corrected chi connectivity index (χ0v) is 51.9. The van der Waals surface area contributed by atoms with Gasteiger partial charge >= 0.3 is 17.9 Å². The number of hydrogen-bond donors (Lipinski definition) is 0. The van der Waals surface area contributed by atoms with E-state index in [-0.39, 0.29) is 31.1 Å². The van der Waals surface area contributed by atoms with E-state index in [9.17, 15) is 14.4 Å². The lowest BCUT2D eigenvalue weighted by Crippen LogP contribution is -2.30. The van der Waals surface area contributed by atoms with Gasteiger partial charge in [-0.2, -0.15) is 0 Å². The highest BCUT2D eigenvalue weighted by Gasteiger charge is 2.19. The highest BCUT2D eigenvalue weighted by molar-refractivity contribution is 5.71. The number of esters is 3. The molecule has 0 aliphatic carbocycles. The number of unbranched alkanes of at least 4 members (excludes halogenated alkanes) is 31. The predicted octanol–water partition coefficient (Wildman–Crippen LogP) is 23.0. The molecule has 1 atom stereocenters. The van der Waals surface area contributed by atoms with Gasteiger partial charge in [0.1, 0.15) is 13.2 Å². The minimum absolute atomic E-state index is 0.0807. The molecule has 6 nitrogen and oxygen atoms in total. The minimum Gasteiger partial charge on any atom is -0.462 e. The van der Waals surface area contributed by atoms with Crippen LogP contribution in [0.25, 0.3) is 0 Å². The van der Waals surface area contributed by atoms with Gasteiger partial charge in [-0.05, 0) is 109 Å². The lowest BCUT2D eigenvalue weighted by Gasteiger charge is -2.18. The highest BCUT2D eigenvalue weighted by Crippen LogP contribution is 2.16. The van der Waals surface area contributed by atoms with Gasteiger partial charge < -0.3 is 14.2 Å². The molecule has 0 saturated heterocycles. The highest BCUT2D eigenvalue weighted by atomic mass is 16.6. The van der Waals surface area contributed by atoms with Crippen LogP contribution in [-0.4, -0.2) is 37.2 Å². The second-order valence-electron chi connectivity index (χ2n) is 22.0. The van der Waals surface area contributed by atoms with Crippen LogP contribution < -0.4 is 0 Å². The Morgan fingerprint density at radius 1 is 0.266 bits per heavy atom. The van der Waals surface area contributed by atoms with Gasteiger partial charge in [0.05, 0.1) is 0 Å². The molecule has 0 bridgehead atoms. The molecule has 0 radical (unpaired) electrons. The van der Waals surface area contributed by atoms with Gasteiger partial charge in [0.25, 0.3) is 0 Å². The quantitative estimate of drug-likeness (QED) is 0.0261. The molecule has 452 valence electrons. The van der Waals surface area contributed by atoms with Crippen LogP contribution in [0.5, 0.6) is 0 Å². The largest absolute Gasteiger partial charge is 0.462 e. The van der Waals surface area contributed by atoms with Crippen molar-refractivity contribution < 1.29 is 28.6 Å². The van der Waals surface area contributed by atoms with Crippen LogP contribution in [-0.2, 0) is 28.6 Å². The van der Waals surface area contributed by atoms with E-state index in [2.05, 4.69) is 130 Å². The van der Waals surface area contributed by atoms with Gasteiger partial charge in [-0.15, -0.1) is 0 Å². The maximum absolute atomic E-state index is 12.9. The summed E-state index contributed by atoms with van der Waals surface area (Å²) in [6.45, 7) is 6.53. The SMILES string of the molecule is CC/C=C\C/C=C\C/C=C\C/C=C\C/C=C\C/C=C\C/C=C\C/C=C\CCCCCCCCCCC(=O)OCC(COC(=O)CCCCCCCCCCCCCCC)OC(=O)CCCCCCC/C=C\CCCCCCCC. The summed E-state index contributed by atoms with van der Waals surface area (Å²) in [4.78, 5) is 38.3. The third kappa shape index (κ3) is 64.8. The Kier molecular flexibility index (Phi) is 63.3. The maximum atomic E-state index is 12.9. The first-order valence-electron chi connectivity index (χ1n) is 33.4. The van der Waals surface area contributed by atoms with E-state index >= 15 is 0 Å². The second-order valence-corrected chi connectivity index (χ2v) is 22.0. The Bertz CT molecular complexity index is 1590. The van der Waals surface area contributed by atoms with Crippen molar-refractivity contribution in [2.45, 2.75) is 322 Å². The van der Waals surface area contributed by atoms with Crippen molar-refractivity contribution in [2.24, 2.45) is 0 Å². The van der Waals surface area contributed by atoms with E-state index in [1.807, 2.05) is 0 Å². The molecule has 0 N–H and O–H groups in total. The van der Waals surface area contributed by atoms with E-state index in [4.69, 9.17) is 14.2 Å². The average Bonchev–Trinajstić information content (AvgIpc) is 3.45. The van der Waals surface area contributed by atoms with Crippen molar-refractivity contribution >= 4 is 17.9 Å². The van der Waals surface area contributed by atoms with E-state index in [1.165, 1.54) is 148 Å². The average molecular weight is 1100 g/mol. The van der Waals surface area contributed by atoms with Crippen molar-refractivity contribution in [1.29, 1.82) is 0 Å².